The van der Waals surface area contributed by atoms with Crippen LogP contribution in [0.2, 0.25) is 0 Å². The Morgan fingerprint density at radius 2 is 2.14 bits per heavy atom. The van der Waals surface area contributed by atoms with Gasteiger partial charge in [0.15, 0.2) is 5.78 Å². The largest absolute Gasteiger partial charge is 0.310 e. The number of hydrogen-bond acceptors (Lipinski definition) is 2. The maximum absolute atomic E-state index is 11.4. The molecule has 2 aromatic rings. The number of carbonyl (C=O) groups excluding carboxylic acids is 1. The third-order valence-electron chi connectivity index (χ3n) is 2.42. The highest BCUT2D eigenvalue weighted by Gasteiger charge is 2.11. The van der Waals surface area contributed by atoms with E-state index < -0.39 is 0 Å². The van der Waals surface area contributed by atoms with Crippen LogP contribution in [0.15, 0.2) is 18.5 Å². The van der Waals surface area contributed by atoms with Crippen molar-refractivity contribution in [3.63, 3.8) is 0 Å². The Kier molecular flexibility index (Phi) is 1.88. The van der Waals surface area contributed by atoms with Gasteiger partial charge in [-0.2, -0.15) is 0 Å². The minimum absolute atomic E-state index is 0.0908. The van der Waals surface area contributed by atoms with Crippen molar-refractivity contribution in [1.82, 2.24) is 9.38 Å². The first-order chi connectivity index (χ1) is 6.61. The summed E-state index contributed by atoms with van der Waals surface area (Å²) in [6.07, 6.45) is 3.54. The van der Waals surface area contributed by atoms with Gasteiger partial charge in [0.2, 0.25) is 0 Å². The lowest BCUT2D eigenvalue weighted by molar-refractivity contribution is 0.101. The molecule has 0 N–H and O–H groups in total. The highest BCUT2D eigenvalue weighted by molar-refractivity contribution is 5.95. The lowest BCUT2D eigenvalue weighted by Crippen LogP contribution is -2.01. The fraction of sp³-hybridized carbons (Fsp3) is 0.273. The smallest absolute Gasteiger partial charge is 0.176 e. The quantitative estimate of drug-likeness (QED) is 0.642. The second-order valence-electron chi connectivity index (χ2n) is 3.50. The van der Waals surface area contributed by atoms with Crippen molar-refractivity contribution >= 4 is 11.3 Å². The summed E-state index contributed by atoms with van der Waals surface area (Å²) in [5.74, 6) is 0.0908. The maximum Gasteiger partial charge on any atom is 0.176 e. The molecule has 3 heteroatoms. The molecule has 72 valence electrons. The third kappa shape index (κ3) is 1.13. The van der Waals surface area contributed by atoms with Crippen LogP contribution in [0.4, 0.5) is 0 Å². The molecule has 0 amide bonds. The summed E-state index contributed by atoms with van der Waals surface area (Å²) < 4.78 is 1.90. The number of aromatic nitrogens is 2. The van der Waals surface area contributed by atoms with Gasteiger partial charge in [0, 0.05) is 19.3 Å². The van der Waals surface area contributed by atoms with Crippen molar-refractivity contribution in [2.75, 3.05) is 0 Å². The van der Waals surface area contributed by atoms with Crippen molar-refractivity contribution < 1.29 is 4.79 Å². The summed E-state index contributed by atoms with van der Waals surface area (Å²) in [4.78, 5) is 15.6. The lowest BCUT2D eigenvalue weighted by Gasteiger charge is -2.00. The molecule has 0 saturated heterocycles. The van der Waals surface area contributed by atoms with Gasteiger partial charge in [-0.05, 0) is 25.5 Å². The number of aryl methyl sites for hydroxylation is 2. The highest BCUT2D eigenvalue weighted by atomic mass is 16.1. The van der Waals surface area contributed by atoms with Crippen molar-refractivity contribution in [2.45, 2.75) is 20.8 Å². The average molecular weight is 188 g/mol. The van der Waals surface area contributed by atoms with E-state index in [4.69, 9.17) is 0 Å². The Bertz CT molecular complexity index is 511. The van der Waals surface area contributed by atoms with Crippen molar-refractivity contribution in [3.05, 3.63) is 35.4 Å². The van der Waals surface area contributed by atoms with E-state index in [0.29, 0.717) is 0 Å². The molecule has 0 aliphatic carbocycles. The number of hydrogen-bond donors (Lipinski definition) is 0. The predicted molar refractivity (Wildman–Crippen MR) is 54.7 cm³/mol. The molecule has 0 fully saturated rings. The van der Waals surface area contributed by atoms with Gasteiger partial charge in [0.1, 0.15) is 0 Å². The van der Waals surface area contributed by atoms with Crippen LogP contribution >= 0.6 is 0 Å². The van der Waals surface area contributed by atoms with Crippen molar-refractivity contribution in [2.24, 2.45) is 0 Å². The van der Waals surface area contributed by atoms with Gasteiger partial charge >= 0.3 is 0 Å². The van der Waals surface area contributed by atoms with E-state index >= 15 is 0 Å². The van der Waals surface area contributed by atoms with Crippen LogP contribution in [-0.4, -0.2) is 15.2 Å². The summed E-state index contributed by atoms with van der Waals surface area (Å²) >= 11 is 0. The highest BCUT2D eigenvalue weighted by Crippen LogP contribution is 2.17. The summed E-state index contributed by atoms with van der Waals surface area (Å²) in [5, 5.41) is 0. The molecule has 0 saturated carbocycles. The first kappa shape index (κ1) is 8.94. The number of carbonyl (C=O) groups is 1. The molecule has 0 unspecified atom stereocenters. The lowest BCUT2D eigenvalue weighted by atomic mass is 10.2. The van der Waals surface area contributed by atoms with Crippen molar-refractivity contribution in [3.8, 4) is 0 Å². The second kappa shape index (κ2) is 2.94. The number of fused-ring (bicyclic) bond motifs is 1. The van der Waals surface area contributed by atoms with Crippen LogP contribution in [0.1, 0.15) is 28.7 Å². The molecule has 0 spiro atoms. The van der Waals surface area contributed by atoms with Gasteiger partial charge in [-0.15, -0.1) is 0 Å². The van der Waals surface area contributed by atoms with E-state index in [1.54, 1.807) is 13.1 Å². The second-order valence-corrected chi connectivity index (χ2v) is 3.50. The molecule has 2 aromatic heterocycles. The minimum Gasteiger partial charge on any atom is -0.310 e. The predicted octanol–water partition coefficient (Wildman–Crippen LogP) is 2.15. The zero-order valence-corrected chi connectivity index (χ0v) is 8.53. The molecule has 14 heavy (non-hydrogen) atoms. The molecule has 0 bridgehead atoms. The molecule has 0 atom stereocenters. The first-order valence-electron chi connectivity index (χ1n) is 4.55. The fourth-order valence-corrected chi connectivity index (χ4v) is 1.81. The Balaban J connectivity index is 2.90. The van der Waals surface area contributed by atoms with E-state index in [-0.39, 0.29) is 5.78 Å². The third-order valence-corrected chi connectivity index (χ3v) is 2.42. The Labute approximate surface area is 82.4 Å². The van der Waals surface area contributed by atoms with E-state index in [9.17, 15) is 4.79 Å². The number of ketones is 1. The molecule has 2 heterocycles. The van der Waals surface area contributed by atoms with Gasteiger partial charge in [-0.25, -0.2) is 0 Å². The van der Waals surface area contributed by atoms with E-state index in [0.717, 1.165) is 22.5 Å². The number of nitrogens with zero attached hydrogens (tertiary/aromatic N) is 2. The first-order valence-corrected chi connectivity index (χ1v) is 4.55. The molecular weight excluding hydrogens is 176 g/mol. The number of rotatable bonds is 1. The normalized spacial score (nSPS) is 10.8. The number of Topliss-reactive ketones (excluding diaryl/α,β-unsaturated/α-hetero) is 1. The van der Waals surface area contributed by atoms with E-state index in [2.05, 4.69) is 4.98 Å². The van der Waals surface area contributed by atoms with Crippen molar-refractivity contribution in [1.29, 1.82) is 0 Å². The van der Waals surface area contributed by atoms with Gasteiger partial charge in [0.05, 0.1) is 16.9 Å². The van der Waals surface area contributed by atoms with Gasteiger partial charge in [0.25, 0.3) is 0 Å². The van der Waals surface area contributed by atoms with Crippen LogP contribution in [0.5, 0.6) is 0 Å². The molecule has 0 aliphatic rings. The summed E-state index contributed by atoms with van der Waals surface area (Å²) in [6.45, 7) is 5.48. The van der Waals surface area contributed by atoms with E-state index in [1.807, 2.05) is 30.5 Å². The topological polar surface area (TPSA) is 34.4 Å². The monoisotopic (exact) mass is 188 g/mol. The van der Waals surface area contributed by atoms with E-state index in [1.165, 1.54) is 0 Å². The van der Waals surface area contributed by atoms with Crippen LogP contribution in [0.3, 0.4) is 0 Å². The van der Waals surface area contributed by atoms with Gasteiger partial charge in [-0.1, -0.05) is 0 Å². The Morgan fingerprint density at radius 1 is 1.43 bits per heavy atom. The van der Waals surface area contributed by atoms with Crippen LogP contribution in [0.25, 0.3) is 5.52 Å². The molecule has 2 rings (SSSR count). The van der Waals surface area contributed by atoms with Crippen LogP contribution in [-0.2, 0) is 0 Å². The molecule has 0 aromatic carbocycles. The Morgan fingerprint density at radius 3 is 2.79 bits per heavy atom. The fourth-order valence-electron chi connectivity index (χ4n) is 1.81. The average Bonchev–Trinajstić information content (AvgIpc) is 2.42. The summed E-state index contributed by atoms with van der Waals surface area (Å²) in [5.41, 5.74) is 3.72. The van der Waals surface area contributed by atoms with Crippen LogP contribution in [0, 0.1) is 13.8 Å². The summed E-state index contributed by atoms with van der Waals surface area (Å²) in [7, 11) is 0. The SMILES string of the molecule is CC(=O)c1c(C)cc2c(C)nccn12. The zero-order chi connectivity index (χ0) is 10.3. The van der Waals surface area contributed by atoms with Crippen LogP contribution < -0.4 is 0 Å². The molecule has 3 nitrogen and oxygen atoms in total. The summed E-state index contributed by atoms with van der Waals surface area (Å²) in [6, 6.07) is 2.00. The maximum atomic E-state index is 11.4. The molecular formula is C11H12N2O. The molecule has 0 aliphatic heterocycles. The standard InChI is InChI=1S/C11H12N2O/c1-7-6-10-8(2)12-4-5-13(10)11(7)9(3)14/h4-6H,1-3H3. The van der Waals surface area contributed by atoms with Gasteiger partial charge < -0.3 is 4.40 Å². The molecule has 0 radical (unpaired) electrons. The minimum atomic E-state index is 0.0908. The Hall–Kier alpha value is -1.64. The zero-order valence-electron chi connectivity index (χ0n) is 8.53. The van der Waals surface area contributed by atoms with Gasteiger partial charge in [-0.3, -0.25) is 9.78 Å².